The van der Waals surface area contributed by atoms with E-state index in [0.29, 0.717) is 5.75 Å². The van der Waals surface area contributed by atoms with Gasteiger partial charge in [-0.05, 0) is 30.7 Å². The van der Waals surface area contributed by atoms with E-state index >= 15 is 0 Å². The van der Waals surface area contributed by atoms with Gasteiger partial charge in [0.15, 0.2) is 4.34 Å². The van der Waals surface area contributed by atoms with Crippen molar-refractivity contribution in [2.45, 2.75) is 17.7 Å². The summed E-state index contributed by atoms with van der Waals surface area (Å²) in [5.41, 5.74) is 0.784. The molecule has 112 valence electrons. The molecular weight excluding hydrogens is 372 g/mol. The Bertz CT molecular complexity index is 588. The van der Waals surface area contributed by atoms with Crippen molar-refractivity contribution in [1.82, 2.24) is 10.2 Å². The number of thioether (sulfide) groups is 1. The number of nitrogens with one attached hydrogen (secondary N) is 2. The molecule has 0 aliphatic heterocycles. The second-order valence-corrected chi connectivity index (χ2v) is 7.26. The second-order valence-electron chi connectivity index (χ2n) is 4.14. The summed E-state index contributed by atoms with van der Waals surface area (Å²) in [7, 11) is 0. The first-order valence-corrected chi connectivity index (χ1v) is 9.02. The Balaban J connectivity index is 1.78. The molecule has 0 radical (unpaired) electrons. The molecule has 0 aliphatic carbocycles. The summed E-state index contributed by atoms with van der Waals surface area (Å²) in [6.45, 7) is 2.97. The van der Waals surface area contributed by atoms with Gasteiger partial charge >= 0.3 is 0 Å². The van der Waals surface area contributed by atoms with Crippen molar-refractivity contribution >= 4 is 55.8 Å². The summed E-state index contributed by atoms with van der Waals surface area (Å²) in [6.07, 6.45) is 1.04. The van der Waals surface area contributed by atoms with Crippen molar-refractivity contribution in [2.75, 3.05) is 22.9 Å². The molecule has 1 aromatic heterocycles. The number of carbonyl (C=O) groups excluding carboxylic acids is 1. The highest BCUT2D eigenvalue weighted by Crippen LogP contribution is 2.25. The predicted octanol–water partition coefficient (Wildman–Crippen LogP) is 3.85. The maximum atomic E-state index is 11.8. The zero-order valence-corrected chi connectivity index (χ0v) is 14.6. The van der Waals surface area contributed by atoms with Gasteiger partial charge < -0.3 is 10.6 Å². The van der Waals surface area contributed by atoms with Crippen LogP contribution in [0.4, 0.5) is 10.8 Å². The van der Waals surface area contributed by atoms with Gasteiger partial charge in [-0.3, -0.25) is 4.79 Å². The first-order chi connectivity index (χ1) is 10.2. The molecule has 0 aliphatic rings. The molecule has 21 heavy (non-hydrogen) atoms. The van der Waals surface area contributed by atoms with Crippen LogP contribution in [0.15, 0.2) is 33.1 Å². The quantitative estimate of drug-likeness (QED) is 0.707. The van der Waals surface area contributed by atoms with E-state index in [2.05, 4.69) is 43.7 Å². The van der Waals surface area contributed by atoms with Crippen LogP contribution in [0.2, 0.25) is 0 Å². The highest BCUT2D eigenvalue weighted by Gasteiger charge is 2.08. The van der Waals surface area contributed by atoms with Gasteiger partial charge in [-0.2, -0.15) is 0 Å². The van der Waals surface area contributed by atoms with Crippen molar-refractivity contribution in [3.05, 3.63) is 28.7 Å². The van der Waals surface area contributed by atoms with Crippen LogP contribution in [0, 0.1) is 0 Å². The minimum atomic E-state index is -0.0550. The largest absolute Gasteiger partial charge is 0.360 e. The van der Waals surface area contributed by atoms with E-state index in [-0.39, 0.29) is 5.91 Å². The molecule has 0 unspecified atom stereocenters. The zero-order valence-electron chi connectivity index (χ0n) is 11.4. The van der Waals surface area contributed by atoms with Crippen molar-refractivity contribution in [1.29, 1.82) is 0 Å². The molecule has 0 saturated carbocycles. The van der Waals surface area contributed by atoms with Gasteiger partial charge in [0.25, 0.3) is 0 Å². The molecular formula is C13H15BrN4OS2. The van der Waals surface area contributed by atoms with Crippen molar-refractivity contribution in [2.24, 2.45) is 0 Å². The summed E-state index contributed by atoms with van der Waals surface area (Å²) in [5, 5.41) is 14.9. The van der Waals surface area contributed by atoms with E-state index in [0.717, 1.165) is 32.6 Å². The number of benzene rings is 1. The minimum absolute atomic E-state index is 0.0550. The molecule has 2 rings (SSSR count). The van der Waals surface area contributed by atoms with Crippen LogP contribution >= 0.6 is 39.0 Å². The molecule has 0 spiro atoms. The lowest BCUT2D eigenvalue weighted by Crippen LogP contribution is -2.13. The predicted molar refractivity (Wildman–Crippen MR) is 92.2 cm³/mol. The SMILES string of the molecule is CCCNc1nnc(SCC(=O)Nc2ccc(Br)cc2)s1. The normalized spacial score (nSPS) is 10.4. The number of hydrogen-bond acceptors (Lipinski definition) is 6. The smallest absolute Gasteiger partial charge is 0.234 e. The Morgan fingerprint density at radius 2 is 2.10 bits per heavy atom. The second kappa shape index (κ2) is 8.35. The van der Waals surface area contributed by atoms with Crippen molar-refractivity contribution in [3.8, 4) is 0 Å². The maximum absolute atomic E-state index is 11.8. The summed E-state index contributed by atoms with van der Waals surface area (Å²) < 4.78 is 1.77. The van der Waals surface area contributed by atoms with E-state index in [1.54, 1.807) is 0 Å². The van der Waals surface area contributed by atoms with Crippen LogP contribution in [-0.2, 0) is 4.79 Å². The third-order valence-corrected chi connectivity index (χ3v) is 4.93. The molecule has 1 amide bonds. The molecule has 5 nitrogen and oxygen atoms in total. The van der Waals surface area contributed by atoms with Gasteiger partial charge in [0, 0.05) is 16.7 Å². The number of rotatable bonds is 7. The average molecular weight is 387 g/mol. The molecule has 8 heteroatoms. The number of carbonyl (C=O) groups is 1. The van der Waals surface area contributed by atoms with Crippen LogP contribution in [0.3, 0.4) is 0 Å². The van der Waals surface area contributed by atoms with Crippen LogP contribution in [-0.4, -0.2) is 28.4 Å². The van der Waals surface area contributed by atoms with Gasteiger partial charge in [0.05, 0.1) is 5.75 Å². The van der Waals surface area contributed by atoms with Crippen molar-refractivity contribution in [3.63, 3.8) is 0 Å². The van der Waals surface area contributed by atoms with Crippen LogP contribution in [0.5, 0.6) is 0 Å². The fourth-order valence-electron chi connectivity index (χ4n) is 1.43. The Morgan fingerprint density at radius 1 is 1.33 bits per heavy atom. The minimum Gasteiger partial charge on any atom is -0.360 e. The van der Waals surface area contributed by atoms with Gasteiger partial charge in [0.2, 0.25) is 11.0 Å². The van der Waals surface area contributed by atoms with E-state index in [4.69, 9.17) is 0 Å². The first-order valence-electron chi connectivity index (χ1n) is 6.43. The van der Waals surface area contributed by atoms with Gasteiger partial charge in [-0.1, -0.05) is 46.0 Å². The third kappa shape index (κ3) is 5.64. The number of halogens is 1. The van der Waals surface area contributed by atoms with Crippen LogP contribution < -0.4 is 10.6 Å². The maximum Gasteiger partial charge on any atom is 0.234 e. The lowest BCUT2D eigenvalue weighted by Gasteiger charge is -2.03. The number of anilines is 2. The molecule has 0 bridgehead atoms. The van der Waals surface area contributed by atoms with Gasteiger partial charge in [-0.15, -0.1) is 10.2 Å². The average Bonchev–Trinajstić information content (AvgIpc) is 2.93. The molecule has 2 N–H and O–H groups in total. The molecule has 1 aromatic carbocycles. The van der Waals surface area contributed by atoms with E-state index in [1.807, 2.05) is 24.3 Å². The Kier molecular flexibility index (Phi) is 6.47. The zero-order chi connectivity index (χ0) is 15.1. The van der Waals surface area contributed by atoms with Crippen molar-refractivity contribution < 1.29 is 4.79 Å². The van der Waals surface area contributed by atoms with E-state index < -0.39 is 0 Å². The van der Waals surface area contributed by atoms with E-state index in [9.17, 15) is 4.79 Å². The molecule has 1 heterocycles. The molecule has 0 saturated heterocycles. The monoisotopic (exact) mass is 386 g/mol. The van der Waals surface area contributed by atoms with Gasteiger partial charge in [-0.25, -0.2) is 0 Å². The molecule has 0 fully saturated rings. The summed E-state index contributed by atoms with van der Waals surface area (Å²) >= 11 is 6.21. The number of amides is 1. The Hall–Kier alpha value is -1.12. The van der Waals surface area contributed by atoms with Crippen LogP contribution in [0.1, 0.15) is 13.3 Å². The summed E-state index contributed by atoms with van der Waals surface area (Å²) in [4.78, 5) is 11.8. The Morgan fingerprint density at radius 3 is 2.81 bits per heavy atom. The highest BCUT2D eigenvalue weighted by molar-refractivity contribution is 9.10. The van der Waals surface area contributed by atoms with E-state index in [1.165, 1.54) is 23.1 Å². The standard InChI is InChI=1S/C13H15BrN4OS2/c1-2-7-15-12-17-18-13(21-12)20-8-11(19)16-10-5-3-9(14)4-6-10/h3-6H,2,7-8H2,1H3,(H,15,17)(H,16,19). The lowest BCUT2D eigenvalue weighted by atomic mass is 10.3. The fraction of sp³-hybridized carbons (Fsp3) is 0.308. The van der Waals surface area contributed by atoms with Crippen LogP contribution in [0.25, 0.3) is 0 Å². The molecule has 2 aromatic rings. The number of hydrogen-bond donors (Lipinski definition) is 2. The van der Waals surface area contributed by atoms with Gasteiger partial charge in [0.1, 0.15) is 0 Å². The number of nitrogens with zero attached hydrogens (tertiary/aromatic N) is 2. The summed E-state index contributed by atoms with van der Waals surface area (Å²) in [5.74, 6) is 0.263. The summed E-state index contributed by atoms with van der Waals surface area (Å²) in [6, 6.07) is 7.48. The number of aromatic nitrogens is 2. The highest BCUT2D eigenvalue weighted by atomic mass is 79.9. The molecule has 0 atom stereocenters. The topological polar surface area (TPSA) is 66.9 Å². The third-order valence-electron chi connectivity index (χ3n) is 2.39. The first kappa shape index (κ1) is 16.3. The Labute approximate surface area is 140 Å². The lowest BCUT2D eigenvalue weighted by molar-refractivity contribution is -0.113. The fourth-order valence-corrected chi connectivity index (χ4v) is 3.27.